The van der Waals surface area contributed by atoms with E-state index >= 15 is 0 Å². The molecule has 0 bridgehead atoms. The van der Waals surface area contributed by atoms with Crippen LogP contribution in [0.2, 0.25) is 0 Å². The number of phenolic OH excluding ortho intramolecular Hbond substituents is 1. The Morgan fingerprint density at radius 3 is 2.79 bits per heavy atom. The van der Waals surface area contributed by atoms with Gasteiger partial charge in [0.2, 0.25) is 0 Å². The summed E-state index contributed by atoms with van der Waals surface area (Å²) in [7, 11) is 2.17. The summed E-state index contributed by atoms with van der Waals surface area (Å²) in [5, 5.41) is 12.0. The van der Waals surface area contributed by atoms with E-state index < -0.39 is 0 Å². The van der Waals surface area contributed by atoms with Crippen LogP contribution in [0.5, 0.6) is 5.75 Å². The molecule has 1 atom stereocenters. The lowest BCUT2D eigenvalue weighted by Crippen LogP contribution is -2.52. The van der Waals surface area contributed by atoms with Crippen molar-refractivity contribution < 1.29 is 5.11 Å². The van der Waals surface area contributed by atoms with Gasteiger partial charge in [-0.3, -0.25) is 0 Å². The van der Waals surface area contributed by atoms with Gasteiger partial charge in [0.1, 0.15) is 5.75 Å². The highest BCUT2D eigenvalue weighted by Gasteiger charge is 2.23. The Bertz CT molecular complexity index is 441. The number of phenols is 1. The maximum absolute atomic E-state index is 9.70. The fourth-order valence-electron chi connectivity index (χ4n) is 3.08. The van der Waals surface area contributed by atoms with Gasteiger partial charge in [0.15, 0.2) is 0 Å². The Balaban J connectivity index is 1.71. The first-order valence-corrected chi connectivity index (χ1v) is 7.24. The first kappa shape index (κ1) is 12.9. The van der Waals surface area contributed by atoms with Crippen LogP contribution in [0.3, 0.4) is 0 Å². The summed E-state index contributed by atoms with van der Waals surface area (Å²) in [6, 6.07) is 6.17. The first-order chi connectivity index (χ1) is 9.22. The molecule has 1 aromatic carbocycles. The van der Waals surface area contributed by atoms with Gasteiger partial charge < -0.3 is 10.0 Å². The molecular formula is C15H23N3O. The topological polar surface area (TPSA) is 38.7 Å². The number of nitrogens with one attached hydrogen (secondary N) is 1. The Labute approximate surface area is 115 Å². The van der Waals surface area contributed by atoms with Gasteiger partial charge in [0.05, 0.1) is 0 Å². The average molecular weight is 261 g/mol. The molecule has 1 unspecified atom stereocenters. The molecule has 1 heterocycles. The highest BCUT2D eigenvalue weighted by Crippen LogP contribution is 2.32. The van der Waals surface area contributed by atoms with Gasteiger partial charge in [0, 0.05) is 32.2 Å². The lowest BCUT2D eigenvalue weighted by Gasteiger charge is -2.37. The zero-order valence-corrected chi connectivity index (χ0v) is 11.6. The SMILES string of the molecule is CN1CCN(NC2CCCc3ccc(O)cc32)CC1. The maximum atomic E-state index is 9.70. The molecule has 104 valence electrons. The fourth-order valence-corrected chi connectivity index (χ4v) is 3.08. The van der Waals surface area contributed by atoms with Crippen molar-refractivity contribution in [1.82, 2.24) is 15.3 Å². The van der Waals surface area contributed by atoms with E-state index in [2.05, 4.69) is 28.4 Å². The molecule has 1 fully saturated rings. The summed E-state index contributed by atoms with van der Waals surface area (Å²) in [5.41, 5.74) is 6.32. The standard InChI is InChI=1S/C15H23N3O/c1-17-7-9-18(10-8-17)16-15-4-2-3-12-5-6-13(19)11-14(12)15/h5-6,11,15-16,19H,2-4,7-10H2,1H3. The minimum Gasteiger partial charge on any atom is -0.508 e. The predicted octanol–water partition coefficient (Wildman–Crippen LogP) is 1.52. The molecule has 0 aromatic heterocycles. The van der Waals surface area contributed by atoms with E-state index in [1.54, 1.807) is 6.07 Å². The number of hydrogen-bond acceptors (Lipinski definition) is 4. The van der Waals surface area contributed by atoms with Gasteiger partial charge >= 0.3 is 0 Å². The molecule has 1 aliphatic carbocycles. The zero-order chi connectivity index (χ0) is 13.2. The smallest absolute Gasteiger partial charge is 0.115 e. The molecule has 1 aliphatic heterocycles. The largest absolute Gasteiger partial charge is 0.508 e. The van der Waals surface area contributed by atoms with Crippen molar-refractivity contribution in [3.8, 4) is 5.75 Å². The molecule has 0 radical (unpaired) electrons. The molecule has 2 N–H and O–H groups in total. The third kappa shape index (κ3) is 2.91. The van der Waals surface area contributed by atoms with Gasteiger partial charge in [0.25, 0.3) is 0 Å². The summed E-state index contributed by atoms with van der Waals surface area (Å²) >= 11 is 0. The molecule has 19 heavy (non-hydrogen) atoms. The molecule has 0 saturated carbocycles. The van der Waals surface area contributed by atoms with Gasteiger partial charge in [-0.15, -0.1) is 0 Å². The van der Waals surface area contributed by atoms with Crippen LogP contribution in [0.25, 0.3) is 0 Å². The van der Waals surface area contributed by atoms with E-state index in [1.807, 2.05) is 6.07 Å². The van der Waals surface area contributed by atoms with E-state index in [9.17, 15) is 5.11 Å². The number of rotatable bonds is 2. The van der Waals surface area contributed by atoms with Crippen LogP contribution in [0, 0.1) is 0 Å². The molecule has 0 spiro atoms. The van der Waals surface area contributed by atoms with E-state index in [4.69, 9.17) is 0 Å². The normalized spacial score (nSPS) is 25.2. The summed E-state index contributed by atoms with van der Waals surface area (Å²) in [6.45, 7) is 4.38. The van der Waals surface area contributed by atoms with Crippen molar-refractivity contribution >= 4 is 0 Å². The summed E-state index contributed by atoms with van der Waals surface area (Å²) < 4.78 is 0. The maximum Gasteiger partial charge on any atom is 0.115 e. The summed E-state index contributed by atoms with van der Waals surface area (Å²) in [4.78, 5) is 2.36. The van der Waals surface area contributed by atoms with E-state index in [0.29, 0.717) is 11.8 Å². The quantitative estimate of drug-likeness (QED) is 0.847. The molecule has 1 saturated heterocycles. The molecule has 1 aromatic rings. The van der Waals surface area contributed by atoms with Crippen molar-refractivity contribution in [1.29, 1.82) is 0 Å². The fraction of sp³-hybridized carbons (Fsp3) is 0.600. The number of aromatic hydroxyl groups is 1. The van der Waals surface area contributed by atoms with Crippen molar-refractivity contribution in [2.75, 3.05) is 33.2 Å². The molecular weight excluding hydrogens is 238 g/mol. The summed E-state index contributed by atoms with van der Waals surface area (Å²) in [6.07, 6.45) is 3.52. The van der Waals surface area contributed by atoms with Crippen molar-refractivity contribution in [2.24, 2.45) is 0 Å². The number of fused-ring (bicyclic) bond motifs is 1. The molecule has 4 heteroatoms. The summed E-state index contributed by atoms with van der Waals surface area (Å²) in [5.74, 6) is 0.380. The van der Waals surface area contributed by atoms with E-state index in [0.717, 1.165) is 39.0 Å². The number of likely N-dealkylation sites (N-methyl/N-ethyl adjacent to an activating group) is 1. The second kappa shape index (κ2) is 5.49. The number of hydrogen-bond donors (Lipinski definition) is 2. The third-order valence-corrected chi connectivity index (χ3v) is 4.29. The molecule has 0 amide bonds. The molecule has 3 rings (SSSR count). The van der Waals surface area contributed by atoms with Gasteiger partial charge in [-0.05, 0) is 49.6 Å². The van der Waals surface area contributed by atoms with Crippen LogP contribution in [-0.4, -0.2) is 48.2 Å². The Morgan fingerprint density at radius 2 is 2.00 bits per heavy atom. The lowest BCUT2D eigenvalue weighted by molar-refractivity contribution is 0.0828. The second-order valence-corrected chi connectivity index (χ2v) is 5.75. The second-order valence-electron chi connectivity index (χ2n) is 5.75. The highest BCUT2D eigenvalue weighted by atomic mass is 16.3. The van der Waals surface area contributed by atoms with Gasteiger partial charge in [-0.1, -0.05) is 6.07 Å². The van der Waals surface area contributed by atoms with Gasteiger partial charge in [-0.25, -0.2) is 10.4 Å². The predicted molar refractivity (Wildman–Crippen MR) is 76.0 cm³/mol. The number of aryl methyl sites for hydroxylation is 1. The van der Waals surface area contributed by atoms with Crippen LogP contribution < -0.4 is 5.43 Å². The van der Waals surface area contributed by atoms with Crippen molar-refractivity contribution in [3.63, 3.8) is 0 Å². The molecule has 4 nitrogen and oxygen atoms in total. The van der Waals surface area contributed by atoms with Crippen LogP contribution in [0.4, 0.5) is 0 Å². The minimum atomic E-state index is 0.360. The zero-order valence-electron chi connectivity index (χ0n) is 11.6. The van der Waals surface area contributed by atoms with Crippen LogP contribution in [0.1, 0.15) is 30.0 Å². The van der Waals surface area contributed by atoms with E-state index in [1.165, 1.54) is 17.5 Å². The van der Waals surface area contributed by atoms with E-state index in [-0.39, 0.29) is 0 Å². The monoisotopic (exact) mass is 261 g/mol. The van der Waals surface area contributed by atoms with Gasteiger partial charge in [-0.2, -0.15) is 0 Å². The Hall–Kier alpha value is -1.10. The van der Waals surface area contributed by atoms with Crippen LogP contribution in [0.15, 0.2) is 18.2 Å². The number of nitrogens with zero attached hydrogens (tertiary/aromatic N) is 2. The number of hydrazine groups is 1. The Morgan fingerprint density at radius 1 is 1.21 bits per heavy atom. The lowest BCUT2D eigenvalue weighted by atomic mass is 9.88. The first-order valence-electron chi connectivity index (χ1n) is 7.24. The van der Waals surface area contributed by atoms with Crippen LogP contribution in [-0.2, 0) is 6.42 Å². The average Bonchev–Trinajstić information content (AvgIpc) is 2.42. The van der Waals surface area contributed by atoms with Crippen molar-refractivity contribution in [3.05, 3.63) is 29.3 Å². The third-order valence-electron chi connectivity index (χ3n) is 4.29. The van der Waals surface area contributed by atoms with Crippen molar-refractivity contribution in [2.45, 2.75) is 25.3 Å². The highest BCUT2D eigenvalue weighted by molar-refractivity contribution is 5.38. The van der Waals surface area contributed by atoms with Crippen LogP contribution >= 0.6 is 0 Å². The minimum absolute atomic E-state index is 0.360. The number of piperazine rings is 1. The Kier molecular flexibility index (Phi) is 3.73. The molecule has 2 aliphatic rings. The number of benzene rings is 1.